The van der Waals surface area contributed by atoms with Crippen molar-refractivity contribution in [1.82, 2.24) is 5.43 Å². The number of nitrogens with two attached hydrogens (primary N) is 1. The molecule has 2 aromatic carbocycles. The summed E-state index contributed by atoms with van der Waals surface area (Å²) >= 11 is 0. The minimum Gasteiger partial charge on any atom is -0.457 e. The van der Waals surface area contributed by atoms with Crippen LogP contribution in [0.1, 0.15) is 5.56 Å². The Hall–Kier alpha value is -2.53. The van der Waals surface area contributed by atoms with Crippen LogP contribution in [0, 0.1) is 5.41 Å². The third-order valence-corrected chi connectivity index (χ3v) is 2.26. The third kappa shape index (κ3) is 4.99. The number of guanidine groups is 1. The molecule has 0 aliphatic rings. The van der Waals surface area contributed by atoms with E-state index in [4.69, 9.17) is 15.9 Å². The van der Waals surface area contributed by atoms with E-state index in [0.717, 1.165) is 17.1 Å². The number of halogens is 1. The molecule has 2 rings (SSSR count). The van der Waals surface area contributed by atoms with Gasteiger partial charge in [-0.25, -0.2) is 5.43 Å². The number of hydrazone groups is 1. The highest BCUT2D eigenvalue weighted by atomic mass is 35.5. The third-order valence-electron chi connectivity index (χ3n) is 2.26. The number of ether oxygens (including phenoxy) is 1. The van der Waals surface area contributed by atoms with Crippen LogP contribution in [-0.4, -0.2) is 12.2 Å². The molecule has 0 aliphatic carbocycles. The zero-order valence-corrected chi connectivity index (χ0v) is 11.4. The van der Waals surface area contributed by atoms with Gasteiger partial charge in [-0.05, 0) is 42.0 Å². The molecule has 20 heavy (non-hydrogen) atoms. The molecular weight excluding hydrogens is 276 g/mol. The molecule has 104 valence electrons. The smallest absolute Gasteiger partial charge is 0.206 e. The fourth-order valence-corrected chi connectivity index (χ4v) is 1.42. The average molecular weight is 291 g/mol. The van der Waals surface area contributed by atoms with E-state index in [1.54, 1.807) is 6.21 Å². The standard InChI is InChI=1S/C14H14N4O.ClH/c15-14(16)18-17-10-11-6-8-13(9-7-11)19-12-4-2-1-3-5-12;/h1-10H,(H4,15,16,18);1H/b17-10+;. The highest BCUT2D eigenvalue weighted by Gasteiger charge is 1.96. The fraction of sp³-hybridized carbons (Fsp3) is 0. The highest BCUT2D eigenvalue weighted by Crippen LogP contribution is 2.20. The van der Waals surface area contributed by atoms with Gasteiger partial charge in [-0.2, -0.15) is 5.10 Å². The van der Waals surface area contributed by atoms with Crippen molar-refractivity contribution in [2.24, 2.45) is 10.8 Å². The van der Waals surface area contributed by atoms with E-state index in [0.29, 0.717) is 0 Å². The van der Waals surface area contributed by atoms with Gasteiger partial charge >= 0.3 is 0 Å². The van der Waals surface area contributed by atoms with Crippen LogP contribution in [0.5, 0.6) is 11.5 Å². The van der Waals surface area contributed by atoms with E-state index < -0.39 is 0 Å². The predicted octanol–water partition coefficient (Wildman–Crippen LogP) is 2.72. The van der Waals surface area contributed by atoms with Crippen LogP contribution in [0.4, 0.5) is 0 Å². The normalized spacial score (nSPS) is 9.80. The molecule has 5 nitrogen and oxygen atoms in total. The summed E-state index contributed by atoms with van der Waals surface area (Å²) in [5, 5.41) is 10.7. The first-order valence-electron chi connectivity index (χ1n) is 5.70. The lowest BCUT2D eigenvalue weighted by Crippen LogP contribution is -2.25. The van der Waals surface area contributed by atoms with Gasteiger partial charge in [0.1, 0.15) is 11.5 Å². The van der Waals surface area contributed by atoms with Crippen molar-refractivity contribution in [3.8, 4) is 11.5 Å². The van der Waals surface area contributed by atoms with E-state index in [2.05, 4.69) is 10.5 Å². The molecule has 0 amide bonds. The van der Waals surface area contributed by atoms with Gasteiger partial charge in [0.2, 0.25) is 5.96 Å². The van der Waals surface area contributed by atoms with Crippen molar-refractivity contribution >= 4 is 24.6 Å². The Morgan fingerprint density at radius 1 is 1.05 bits per heavy atom. The van der Waals surface area contributed by atoms with Crippen LogP contribution < -0.4 is 15.9 Å². The molecule has 0 atom stereocenters. The van der Waals surface area contributed by atoms with Gasteiger partial charge < -0.3 is 10.5 Å². The van der Waals surface area contributed by atoms with Crippen LogP contribution in [0.3, 0.4) is 0 Å². The Morgan fingerprint density at radius 2 is 1.65 bits per heavy atom. The topological polar surface area (TPSA) is 83.5 Å². The number of hydrogen-bond acceptors (Lipinski definition) is 3. The molecule has 0 radical (unpaired) electrons. The molecule has 0 spiro atoms. The van der Waals surface area contributed by atoms with Crippen molar-refractivity contribution in [3.05, 3.63) is 60.2 Å². The molecule has 0 heterocycles. The first-order chi connectivity index (χ1) is 9.24. The molecule has 0 saturated heterocycles. The second-order valence-corrected chi connectivity index (χ2v) is 3.77. The van der Waals surface area contributed by atoms with Gasteiger partial charge in [0.25, 0.3) is 0 Å². The Kier molecular flexibility index (Phi) is 6.06. The van der Waals surface area contributed by atoms with E-state index in [1.807, 2.05) is 54.6 Å². The molecule has 0 aromatic heterocycles. The molecule has 0 bridgehead atoms. The Labute approximate surface area is 123 Å². The quantitative estimate of drug-likeness (QED) is 0.460. The highest BCUT2D eigenvalue weighted by molar-refractivity contribution is 5.85. The monoisotopic (exact) mass is 290 g/mol. The van der Waals surface area contributed by atoms with Crippen LogP contribution >= 0.6 is 12.4 Å². The number of nitrogens with one attached hydrogen (secondary N) is 2. The summed E-state index contributed by atoms with van der Waals surface area (Å²) in [7, 11) is 0. The molecule has 0 fully saturated rings. The largest absolute Gasteiger partial charge is 0.457 e. The van der Waals surface area contributed by atoms with Gasteiger partial charge in [-0.1, -0.05) is 18.2 Å². The Morgan fingerprint density at radius 3 is 2.25 bits per heavy atom. The number of benzene rings is 2. The zero-order chi connectivity index (χ0) is 13.5. The lowest BCUT2D eigenvalue weighted by molar-refractivity contribution is 0.482. The van der Waals surface area contributed by atoms with Crippen molar-refractivity contribution in [3.63, 3.8) is 0 Å². The SMILES string of the molecule is Cl.N=C(N)N/N=C/c1ccc(Oc2ccccc2)cc1. The molecule has 2 aromatic rings. The summed E-state index contributed by atoms with van der Waals surface area (Å²) in [6.45, 7) is 0. The molecule has 4 N–H and O–H groups in total. The number of nitrogens with zero attached hydrogens (tertiary/aromatic N) is 1. The Bertz CT molecular complexity index is 569. The number of hydrogen-bond donors (Lipinski definition) is 3. The molecule has 6 heteroatoms. The van der Waals surface area contributed by atoms with Crippen molar-refractivity contribution < 1.29 is 4.74 Å². The van der Waals surface area contributed by atoms with Crippen molar-refractivity contribution in [1.29, 1.82) is 5.41 Å². The first kappa shape index (κ1) is 15.5. The summed E-state index contributed by atoms with van der Waals surface area (Å²) in [6.07, 6.45) is 1.58. The molecule has 0 unspecified atom stereocenters. The van der Waals surface area contributed by atoms with Crippen molar-refractivity contribution in [2.75, 3.05) is 0 Å². The van der Waals surface area contributed by atoms with E-state index in [-0.39, 0.29) is 18.4 Å². The summed E-state index contributed by atoms with van der Waals surface area (Å²) in [6, 6.07) is 17.0. The summed E-state index contributed by atoms with van der Waals surface area (Å²) in [5.41, 5.74) is 8.34. The average Bonchev–Trinajstić information content (AvgIpc) is 2.42. The van der Waals surface area contributed by atoms with Crippen LogP contribution in [0.15, 0.2) is 59.7 Å². The summed E-state index contributed by atoms with van der Waals surface area (Å²) in [5.74, 6) is 1.35. The molecule has 0 aliphatic heterocycles. The van der Waals surface area contributed by atoms with Gasteiger partial charge in [0.15, 0.2) is 0 Å². The van der Waals surface area contributed by atoms with Gasteiger partial charge in [0, 0.05) is 0 Å². The van der Waals surface area contributed by atoms with Crippen LogP contribution in [0.2, 0.25) is 0 Å². The molecular formula is C14H15ClN4O. The molecule has 0 saturated carbocycles. The lowest BCUT2D eigenvalue weighted by Gasteiger charge is -2.05. The predicted molar refractivity (Wildman–Crippen MR) is 82.8 cm³/mol. The zero-order valence-electron chi connectivity index (χ0n) is 10.6. The lowest BCUT2D eigenvalue weighted by atomic mass is 10.2. The number of para-hydroxylation sites is 1. The van der Waals surface area contributed by atoms with Crippen LogP contribution in [-0.2, 0) is 0 Å². The second kappa shape index (κ2) is 7.81. The van der Waals surface area contributed by atoms with Crippen molar-refractivity contribution in [2.45, 2.75) is 0 Å². The fourth-order valence-electron chi connectivity index (χ4n) is 1.42. The minimum absolute atomic E-state index is 0. The van der Waals surface area contributed by atoms with Gasteiger partial charge in [-0.3, -0.25) is 5.41 Å². The summed E-state index contributed by atoms with van der Waals surface area (Å²) < 4.78 is 5.66. The maximum Gasteiger partial charge on any atom is 0.206 e. The maximum atomic E-state index is 6.95. The van der Waals surface area contributed by atoms with Gasteiger partial charge in [-0.15, -0.1) is 12.4 Å². The number of rotatable bonds is 4. The first-order valence-corrected chi connectivity index (χ1v) is 5.70. The van der Waals surface area contributed by atoms with Gasteiger partial charge in [0.05, 0.1) is 6.21 Å². The van der Waals surface area contributed by atoms with E-state index in [1.165, 1.54) is 0 Å². The Balaban J connectivity index is 0.00000200. The maximum absolute atomic E-state index is 6.95. The summed E-state index contributed by atoms with van der Waals surface area (Å²) in [4.78, 5) is 0. The minimum atomic E-state index is -0.194. The van der Waals surface area contributed by atoms with E-state index in [9.17, 15) is 0 Å². The van der Waals surface area contributed by atoms with Crippen LogP contribution in [0.25, 0.3) is 0 Å². The second-order valence-electron chi connectivity index (χ2n) is 3.77. The van der Waals surface area contributed by atoms with E-state index >= 15 is 0 Å².